The first-order valence-electron chi connectivity index (χ1n) is 6.95. The van der Waals surface area contributed by atoms with Gasteiger partial charge in [0, 0.05) is 11.6 Å². The number of benzene rings is 1. The van der Waals surface area contributed by atoms with Crippen molar-refractivity contribution in [1.29, 1.82) is 0 Å². The summed E-state index contributed by atoms with van der Waals surface area (Å²) >= 11 is 5.89. The van der Waals surface area contributed by atoms with Crippen molar-refractivity contribution in [3.05, 3.63) is 34.9 Å². The molecule has 2 aliphatic rings. The van der Waals surface area contributed by atoms with Crippen molar-refractivity contribution in [2.24, 2.45) is 0 Å². The average Bonchev–Trinajstić information content (AvgIpc) is 3.24. The summed E-state index contributed by atoms with van der Waals surface area (Å²) < 4.78 is 5.32. The van der Waals surface area contributed by atoms with E-state index in [2.05, 4.69) is 5.32 Å². The highest BCUT2D eigenvalue weighted by Crippen LogP contribution is 2.48. The van der Waals surface area contributed by atoms with Crippen LogP contribution in [0, 0.1) is 0 Å². The Bertz CT molecular complexity index is 498. The number of ether oxygens (including phenoxy) is 1. The van der Waals surface area contributed by atoms with Gasteiger partial charge in [-0.2, -0.15) is 0 Å². The molecule has 1 aliphatic carbocycles. The molecule has 2 N–H and O–H groups in total. The molecule has 1 heterocycles. The van der Waals surface area contributed by atoms with Gasteiger partial charge in [-0.3, -0.25) is 4.79 Å². The molecule has 1 aromatic carbocycles. The molecule has 1 aromatic rings. The average molecular weight is 296 g/mol. The number of aliphatic hydroxyl groups excluding tert-OH is 1. The molecule has 3 rings (SSSR count). The fraction of sp³-hybridized carbons (Fsp3) is 0.533. The lowest BCUT2D eigenvalue weighted by molar-refractivity contribution is -0.127. The molecule has 1 aliphatic heterocycles. The van der Waals surface area contributed by atoms with Crippen LogP contribution in [0.5, 0.6) is 0 Å². The minimum absolute atomic E-state index is 0.0191. The molecule has 0 bridgehead atoms. The summed E-state index contributed by atoms with van der Waals surface area (Å²) in [5, 5.41) is 13.5. The van der Waals surface area contributed by atoms with Crippen molar-refractivity contribution < 1.29 is 14.6 Å². The second kappa shape index (κ2) is 5.35. The number of hydrogen-bond donors (Lipinski definition) is 2. The number of aliphatic hydroxyl groups is 1. The van der Waals surface area contributed by atoms with Gasteiger partial charge in [-0.25, -0.2) is 0 Å². The van der Waals surface area contributed by atoms with Crippen LogP contribution in [0.25, 0.3) is 0 Å². The van der Waals surface area contributed by atoms with Gasteiger partial charge in [0.15, 0.2) is 0 Å². The van der Waals surface area contributed by atoms with E-state index in [4.69, 9.17) is 16.3 Å². The molecule has 2 fully saturated rings. The molecule has 20 heavy (non-hydrogen) atoms. The molecule has 5 heteroatoms. The third kappa shape index (κ3) is 2.55. The van der Waals surface area contributed by atoms with Crippen LogP contribution in [0.4, 0.5) is 0 Å². The van der Waals surface area contributed by atoms with E-state index >= 15 is 0 Å². The fourth-order valence-corrected chi connectivity index (χ4v) is 2.84. The topological polar surface area (TPSA) is 58.6 Å². The summed E-state index contributed by atoms with van der Waals surface area (Å²) in [7, 11) is 0. The van der Waals surface area contributed by atoms with E-state index in [0.717, 1.165) is 18.4 Å². The van der Waals surface area contributed by atoms with Crippen LogP contribution < -0.4 is 5.32 Å². The Balaban J connectivity index is 1.71. The summed E-state index contributed by atoms with van der Waals surface area (Å²) in [4.78, 5) is 12.5. The second-order valence-corrected chi connectivity index (χ2v) is 6.04. The van der Waals surface area contributed by atoms with Gasteiger partial charge in [0.05, 0.1) is 24.2 Å². The maximum absolute atomic E-state index is 12.5. The summed E-state index contributed by atoms with van der Waals surface area (Å²) in [6, 6.07) is 7.12. The van der Waals surface area contributed by atoms with Crippen LogP contribution in [0.1, 0.15) is 24.8 Å². The van der Waals surface area contributed by atoms with Crippen molar-refractivity contribution in [2.75, 3.05) is 13.2 Å². The van der Waals surface area contributed by atoms with E-state index in [-0.39, 0.29) is 11.9 Å². The molecular formula is C15H18ClNO3. The maximum atomic E-state index is 12.5. The fourth-order valence-electron chi connectivity index (χ4n) is 2.71. The molecule has 0 aromatic heterocycles. The van der Waals surface area contributed by atoms with Gasteiger partial charge in [0.25, 0.3) is 0 Å². The molecular weight excluding hydrogens is 278 g/mol. The zero-order chi connectivity index (χ0) is 14.2. The standard InChI is InChI=1S/C15H18ClNO3/c16-11-3-1-10(2-4-11)15(6-7-15)14(19)17-12-9-20-8-5-13(12)18/h1-4,12-13,18H,5-9H2,(H,17,19)/t12-,13-/m1/s1. The number of rotatable bonds is 3. The molecule has 4 nitrogen and oxygen atoms in total. The van der Waals surface area contributed by atoms with Crippen molar-refractivity contribution >= 4 is 17.5 Å². The molecule has 1 amide bonds. The van der Waals surface area contributed by atoms with Crippen LogP contribution in [-0.2, 0) is 14.9 Å². The van der Waals surface area contributed by atoms with Crippen LogP contribution in [0.2, 0.25) is 5.02 Å². The Morgan fingerprint density at radius 2 is 2.05 bits per heavy atom. The third-order valence-corrected chi connectivity index (χ3v) is 4.47. The quantitative estimate of drug-likeness (QED) is 0.891. The highest BCUT2D eigenvalue weighted by Gasteiger charge is 2.51. The molecule has 108 valence electrons. The zero-order valence-electron chi connectivity index (χ0n) is 11.1. The lowest BCUT2D eigenvalue weighted by atomic mass is 9.94. The maximum Gasteiger partial charge on any atom is 0.231 e. The summed E-state index contributed by atoms with van der Waals surface area (Å²) in [5.41, 5.74) is 0.549. The first kappa shape index (κ1) is 13.9. The monoisotopic (exact) mass is 295 g/mol. The number of carbonyl (C=O) groups is 1. The van der Waals surface area contributed by atoms with Crippen LogP contribution in [-0.4, -0.2) is 36.4 Å². The number of amides is 1. The van der Waals surface area contributed by atoms with E-state index < -0.39 is 11.5 Å². The van der Waals surface area contributed by atoms with Gasteiger partial charge in [0.2, 0.25) is 5.91 Å². The Hall–Kier alpha value is -1.10. The molecule has 1 saturated carbocycles. The minimum Gasteiger partial charge on any atom is -0.391 e. The van der Waals surface area contributed by atoms with Crippen molar-refractivity contribution in [1.82, 2.24) is 5.32 Å². The van der Waals surface area contributed by atoms with E-state index in [9.17, 15) is 9.90 Å². The highest BCUT2D eigenvalue weighted by atomic mass is 35.5. The number of hydrogen-bond acceptors (Lipinski definition) is 3. The summed E-state index contributed by atoms with van der Waals surface area (Å²) in [6.07, 6.45) is 1.72. The van der Waals surface area contributed by atoms with Gasteiger partial charge in [-0.05, 0) is 37.0 Å². The predicted molar refractivity (Wildman–Crippen MR) is 75.7 cm³/mol. The van der Waals surface area contributed by atoms with E-state index in [1.54, 1.807) is 0 Å². The first-order valence-corrected chi connectivity index (χ1v) is 7.32. The highest BCUT2D eigenvalue weighted by molar-refractivity contribution is 6.30. The zero-order valence-corrected chi connectivity index (χ0v) is 11.9. The Morgan fingerprint density at radius 3 is 2.65 bits per heavy atom. The summed E-state index contributed by atoms with van der Waals surface area (Å²) in [6.45, 7) is 0.930. The van der Waals surface area contributed by atoms with E-state index in [1.807, 2.05) is 24.3 Å². The molecule has 0 unspecified atom stereocenters. The first-order chi connectivity index (χ1) is 9.62. The van der Waals surface area contributed by atoms with Crippen molar-refractivity contribution in [3.63, 3.8) is 0 Å². The van der Waals surface area contributed by atoms with Gasteiger partial charge < -0.3 is 15.2 Å². The van der Waals surface area contributed by atoms with Gasteiger partial charge in [-0.1, -0.05) is 23.7 Å². The van der Waals surface area contributed by atoms with Gasteiger partial charge >= 0.3 is 0 Å². The lowest BCUT2D eigenvalue weighted by Crippen LogP contribution is -2.52. The van der Waals surface area contributed by atoms with Crippen molar-refractivity contribution in [3.8, 4) is 0 Å². The SMILES string of the molecule is O=C(N[C@@H]1COCC[C@H]1O)C1(c2ccc(Cl)cc2)CC1. The minimum atomic E-state index is -0.520. The Labute approximate surface area is 123 Å². The molecule has 1 saturated heterocycles. The second-order valence-electron chi connectivity index (χ2n) is 5.60. The van der Waals surface area contributed by atoms with Crippen LogP contribution in [0.15, 0.2) is 24.3 Å². The summed E-state index contributed by atoms with van der Waals surface area (Å²) in [5.74, 6) is -0.0191. The van der Waals surface area contributed by atoms with Crippen LogP contribution in [0.3, 0.4) is 0 Å². The largest absolute Gasteiger partial charge is 0.391 e. The van der Waals surface area contributed by atoms with Gasteiger partial charge in [0.1, 0.15) is 0 Å². The Morgan fingerprint density at radius 1 is 1.35 bits per heavy atom. The third-order valence-electron chi connectivity index (χ3n) is 4.22. The lowest BCUT2D eigenvalue weighted by Gasteiger charge is -2.30. The number of carbonyl (C=O) groups excluding carboxylic acids is 1. The van der Waals surface area contributed by atoms with E-state index in [0.29, 0.717) is 24.7 Å². The normalized spacial score (nSPS) is 27.9. The smallest absolute Gasteiger partial charge is 0.231 e. The molecule has 0 radical (unpaired) electrons. The van der Waals surface area contributed by atoms with E-state index in [1.165, 1.54) is 0 Å². The van der Waals surface area contributed by atoms with Crippen molar-refractivity contribution in [2.45, 2.75) is 36.8 Å². The Kier molecular flexibility index (Phi) is 3.71. The molecule has 0 spiro atoms. The van der Waals surface area contributed by atoms with Crippen LogP contribution >= 0.6 is 11.6 Å². The molecule has 2 atom stereocenters. The van der Waals surface area contributed by atoms with Gasteiger partial charge in [-0.15, -0.1) is 0 Å². The predicted octanol–water partition coefficient (Wildman–Crippen LogP) is 1.64. The number of halogens is 1. The number of nitrogens with one attached hydrogen (secondary N) is 1.